The van der Waals surface area contributed by atoms with Crippen molar-refractivity contribution in [3.05, 3.63) is 42.0 Å². The number of nitrogens with zero attached hydrogens (tertiary/aromatic N) is 3. The first-order valence-corrected chi connectivity index (χ1v) is 9.88. The lowest BCUT2D eigenvalue weighted by molar-refractivity contribution is -0.0796. The molecule has 1 aromatic heterocycles. The van der Waals surface area contributed by atoms with Crippen LogP contribution in [0.5, 0.6) is 0 Å². The molecule has 2 aromatic rings. The maximum absolute atomic E-state index is 14.9. The first-order chi connectivity index (χ1) is 13.4. The summed E-state index contributed by atoms with van der Waals surface area (Å²) in [4.78, 5) is 4.53. The lowest BCUT2D eigenvalue weighted by Gasteiger charge is -2.45. The van der Waals surface area contributed by atoms with Gasteiger partial charge in [-0.15, -0.1) is 0 Å². The Bertz CT molecular complexity index is 888. The molecule has 0 radical (unpaired) electrons. The van der Waals surface area contributed by atoms with Gasteiger partial charge in [0.1, 0.15) is 11.4 Å². The highest BCUT2D eigenvalue weighted by atomic mass is 19.1. The molecule has 1 atom stereocenters. The highest BCUT2D eigenvalue weighted by molar-refractivity contribution is 5.74. The lowest BCUT2D eigenvalue weighted by Crippen LogP contribution is -2.51. The van der Waals surface area contributed by atoms with Gasteiger partial charge < -0.3 is 15.2 Å². The van der Waals surface area contributed by atoms with E-state index in [4.69, 9.17) is 15.2 Å². The molecule has 150 valence electrons. The molecular weight excluding hydrogens is 359 g/mol. The van der Waals surface area contributed by atoms with Crippen LogP contribution in [0, 0.1) is 5.82 Å². The fourth-order valence-corrected chi connectivity index (χ4v) is 4.35. The Hall–Kier alpha value is -2.41. The molecule has 28 heavy (non-hydrogen) atoms. The second-order valence-electron chi connectivity index (χ2n) is 7.98. The predicted octanol–water partition coefficient (Wildman–Crippen LogP) is 3.60. The van der Waals surface area contributed by atoms with Crippen LogP contribution in [-0.4, -0.2) is 34.6 Å². The van der Waals surface area contributed by atoms with Crippen LogP contribution in [0.25, 0.3) is 11.1 Å². The van der Waals surface area contributed by atoms with Gasteiger partial charge in [0, 0.05) is 43.1 Å². The van der Waals surface area contributed by atoms with E-state index in [1.165, 1.54) is 6.07 Å². The number of benzene rings is 1. The standard InChI is InChI=1S/C21H27FN4O2/c1-3-8-26-13-16(12-24-26)15-4-5-18(22)17(11-15)20(2)14-21(28-19(23)25-20)6-9-27-10-7-21/h4-5,11-13H,3,6-10,14H2,1-2H3,(H2,23,25). The normalized spacial score (nSPS) is 24.0. The highest BCUT2D eigenvalue weighted by Crippen LogP contribution is 2.45. The van der Waals surface area contributed by atoms with Crippen LogP contribution in [-0.2, 0) is 21.6 Å². The molecule has 2 aliphatic rings. The first kappa shape index (κ1) is 18.9. The zero-order valence-corrected chi connectivity index (χ0v) is 16.4. The van der Waals surface area contributed by atoms with Gasteiger partial charge in [-0.2, -0.15) is 5.10 Å². The Balaban J connectivity index is 1.71. The molecule has 1 spiro atoms. The molecule has 1 unspecified atom stereocenters. The van der Waals surface area contributed by atoms with Crippen LogP contribution in [0.3, 0.4) is 0 Å². The summed E-state index contributed by atoms with van der Waals surface area (Å²) in [6, 6.07) is 5.28. The largest absolute Gasteiger partial charge is 0.459 e. The van der Waals surface area contributed by atoms with Crippen molar-refractivity contribution in [2.75, 3.05) is 13.2 Å². The van der Waals surface area contributed by atoms with E-state index >= 15 is 0 Å². The summed E-state index contributed by atoms with van der Waals surface area (Å²) < 4.78 is 28.2. The fourth-order valence-electron chi connectivity index (χ4n) is 4.35. The van der Waals surface area contributed by atoms with Gasteiger partial charge in [0.25, 0.3) is 6.02 Å². The lowest BCUT2D eigenvalue weighted by atomic mass is 9.76. The minimum Gasteiger partial charge on any atom is -0.459 e. The van der Waals surface area contributed by atoms with Gasteiger partial charge in [-0.25, -0.2) is 9.38 Å². The Morgan fingerprint density at radius 3 is 2.79 bits per heavy atom. The van der Waals surface area contributed by atoms with Crippen molar-refractivity contribution < 1.29 is 13.9 Å². The van der Waals surface area contributed by atoms with Gasteiger partial charge >= 0.3 is 0 Å². The number of ether oxygens (including phenoxy) is 2. The number of nitrogens with two attached hydrogens (primary N) is 1. The number of rotatable bonds is 4. The Morgan fingerprint density at radius 1 is 1.25 bits per heavy atom. The molecule has 3 heterocycles. The SMILES string of the molecule is CCCn1cc(-c2ccc(F)c(C3(C)CC4(CCOCC4)OC(N)=N3)c2)cn1. The van der Waals surface area contributed by atoms with Crippen LogP contribution in [0.2, 0.25) is 0 Å². The molecule has 0 aliphatic carbocycles. The fraction of sp³-hybridized carbons (Fsp3) is 0.524. The average molecular weight is 386 g/mol. The van der Waals surface area contributed by atoms with Crippen molar-refractivity contribution in [3.63, 3.8) is 0 Å². The number of hydrogen-bond acceptors (Lipinski definition) is 5. The molecule has 7 heteroatoms. The third kappa shape index (κ3) is 3.51. The van der Waals surface area contributed by atoms with Crippen LogP contribution in [0.4, 0.5) is 4.39 Å². The van der Waals surface area contributed by atoms with Crippen molar-refractivity contribution in [2.24, 2.45) is 10.7 Å². The van der Waals surface area contributed by atoms with Crippen LogP contribution in [0.15, 0.2) is 35.6 Å². The molecule has 6 nitrogen and oxygen atoms in total. The summed E-state index contributed by atoms with van der Waals surface area (Å²) in [5, 5.41) is 4.39. The van der Waals surface area contributed by atoms with Crippen molar-refractivity contribution >= 4 is 6.02 Å². The Morgan fingerprint density at radius 2 is 2.04 bits per heavy atom. The summed E-state index contributed by atoms with van der Waals surface area (Å²) in [6.45, 7) is 6.12. The van der Waals surface area contributed by atoms with E-state index in [0.29, 0.717) is 25.2 Å². The average Bonchev–Trinajstić information content (AvgIpc) is 3.10. The molecule has 2 aliphatic heterocycles. The van der Waals surface area contributed by atoms with E-state index in [2.05, 4.69) is 17.0 Å². The van der Waals surface area contributed by atoms with Gasteiger partial charge in [0.15, 0.2) is 0 Å². The van der Waals surface area contributed by atoms with Crippen LogP contribution >= 0.6 is 0 Å². The summed E-state index contributed by atoms with van der Waals surface area (Å²) >= 11 is 0. The summed E-state index contributed by atoms with van der Waals surface area (Å²) in [6.07, 6.45) is 6.84. The van der Waals surface area contributed by atoms with Gasteiger partial charge in [-0.3, -0.25) is 4.68 Å². The number of amidine groups is 1. The topological polar surface area (TPSA) is 74.7 Å². The second-order valence-corrected chi connectivity index (χ2v) is 7.98. The number of hydrogen-bond donors (Lipinski definition) is 1. The van der Waals surface area contributed by atoms with Gasteiger partial charge in [-0.05, 0) is 31.0 Å². The smallest absolute Gasteiger partial charge is 0.283 e. The molecule has 4 rings (SSSR count). The zero-order valence-electron chi connectivity index (χ0n) is 16.4. The quantitative estimate of drug-likeness (QED) is 0.871. The highest BCUT2D eigenvalue weighted by Gasteiger charge is 2.47. The summed E-state index contributed by atoms with van der Waals surface area (Å²) in [7, 11) is 0. The maximum atomic E-state index is 14.9. The molecule has 0 amide bonds. The van der Waals surface area contributed by atoms with E-state index in [0.717, 1.165) is 36.9 Å². The minimum absolute atomic E-state index is 0.121. The maximum Gasteiger partial charge on any atom is 0.283 e. The number of aliphatic imine (C=N–C) groups is 1. The van der Waals surface area contributed by atoms with Crippen LogP contribution in [0.1, 0.15) is 45.1 Å². The molecule has 1 aromatic carbocycles. The molecule has 1 fully saturated rings. The number of aromatic nitrogens is 2. The predicted molar refractivity (Wildman–Crippen MR) is 105 cm³/mol. The van der Waals surface area contributed by atoms with Gasteiger partial charge in [0.05, 0.1) is 24.9 Å². The van der Waals surface area contributed by atoms with E-state index < -0.39 is 11.1 Å². The molecule has 0 bridgehead atoms. The van der Waals surface area contributed by atoms with Crippen molar-refractivity contribution in [1.82, 2.24) is 9.78 Å². The third-order valence-corrected chi connectivity index (χ3v) is 5.71. The van der Waals surface area contributed by atoms with Crippen molar-refractivity contribution in [1.29, 1.82) is 0 Å². The van der Waals surface area contributed by atoms with Gasteiger partial charge in [-0.1, -0.05) is 13.0 Å². The molecule has 0 saturated carbocycles. The molecule has 1 saturated heterocycles. The van der Waals surface area contributed by atoms with E-state index in [1.807, 2.05) is 30.1 Å². The number of aryl methyl sites for hydroxylation is 1. The van der Waals surface area contributed by atoms with Crippen LogP contribution < -0.4 is 5.73 Å². The van der Waals surface area contributed by atoms with E-state index in [1.54, 1.807) is 6.07 Å². The van der Waals surface area contributed by atoms with E-state index in [-0.39, 0.29) is 11.8 Å². The Kier molecular flexibility index (Phi) is 4.87. The van der Waals surface area contributed by atoms with Crippen molar-refractivity contribution in [3.8, 4) is 11.1 Å². The zero-order chi connectivity index (χ0) is 19.8. The minimum atomic E-state index is -0.792. The first-order valence-electron chi connectivity index (χ1n) is 9.88. The summed E-state index contributed by atoms with van der Waals surface area (Å²) in [5.74, 6) is -0.284. The monoisotopic (exact) mass is 386 g/mol. The van der Waals surface area contributed by atoms with Gasteiger partial charge in [0.2, 0.25) is 0 Å². The Labute approximate surface area is 164 Å². The molecule has 2 N–H and O–H groups in total. The van der Waals surface area contributed by atoms with E-state index in [9.17, 15) is 4.39 Å². The van der Waals surface area contributed by atoms with Crippen molar-refractivity contribution in [2.45, 2.75) is 57.2 Å². The second kappa shape index (κ2) is 7.20. The third-order valence-electron chi connectivity index (χ3n) is 5.71. The molecular formula is C21H27FN4O2. The summed E-state index contributed by atoms with van der Waals surface area (Å²) in [5.41, 5.74) is 7.21. The number of halogens is 1.